The van der Waals surface area contributed by atoms with E-state index in [1.165, 1.54) is 11.8 Å². The van der Waals surface area contributed by atoms with Gasteiger partial charge in [0.1, 0.15) is 0 Å². The maximum absolute atomic E-state index is 12.3. The highest BCUT2D eigenvalue weighted by Gasteiger charge is 2.23. The molecule has 7 heteroatoms. The third-order valence-corrected chi connectivity index (χ3v) is 5.76. The van der Waals surface area contributed by atoms with Crippen molar-refractivity contribution in [2.24, 2.45) is 4.99 Å². The molecule has 0 bridgehead atoms. The SMILES string of the molecule is O=C(O)Cc1ccc(N=C2NC(=O)C(=Cc3ccc(-c4ccc(CO)cc4)cc3)S2)cc1. The highest BCUT2D eigenvalue weighted by atomic mass is 32.2. The lowest BCUT2D eigenvalue weighted by atomic mass is 10.0. The molecule has 0 radical (unpaired) electrons. The molecule has 32 heavy (non-hydrogen) atoms. The summed E-state index contributed by atoms with van der Waals surface area (Å²) < 4.78 is 0. The number of hydrogen-bond acceptors (Lipinski definition) is 5. The summed E-state index contributed by atoms with van der Waals surface area (Å²) in [4.78, 5) is 28.1. The van der Waals surface area contributed by atoms with Gasteiger partial charge in [-0.3, -0.25) is 9.59 Å². The van der Waals surface area contributed by atoms with Gasteiger partial charge in [0, 0.05) is 0 Å². The zero-order valence-electron chi connectivity index (χ0n) is 17.0. The highest BCUT2D eigenvalue weighted by Crippen LogP contribution is 2.29. The molecule has 4 rings (SSSR count). The summed E-state index contributed by atoms with van der Waals surface area (Å²) in [6, 6.07) is 22.5. The summed E-state index contributed by atoms with van der Waals surface area (Å²) >= 11 is 1.26. The van der Waals surface area contributed by atoms with Gasteiger partial charge in [0.15, 0.2) is 5.17 Å². The Bertz CT molecular complexity index is 1200. The molecular weight excluding hydrogens is 424 g/mol. The lowest BCUT2D eigenvalue weighted by Crippen LogP contribution is -2.19. The van der Waals surface area contributed by atoms with Crippen LogP contribution in [0, 0.1) is 0 Å². The van der Waals surface area contributed by atoms with Crippen LogP contribution in [0.4, 0.5) is 5.69 Å². The van der Waals surface area contributed by atoms with Crippen molar-refractivity contribution in [3.8, 4) is 11.1 Å². The summed E-state index contributed by atoms with van der Waals surface area (Å²) in [6.45, 7) is 0.0217. The van der Waals surface area contributed by atoms with Gasteiger partial charge in [-0.05, 0) is 57.8 Å². The molecule has 160 valence electrons. The van der Waals surface area contributed by atoms with Crippen molar-refractivity contribution >= 4 is 40.6 Å². The van der Waals surface area contributed by atoms with Gasteiger partial charge in [0.2, 0.25) is 0 Å². The van der Waals surface area contributed by atoms with Gasteiger partial charge >= 0.3 is 5.97 Å². The molecule has 1 aliphatic heterocycles. The fourth-order valence-corrected chi connectivity index (χ4v) is 4.03. The second-order valence-corrected chi connectivity index (χ2v) is 8.23. The summed E-state index contributed by atoms with van der Waals surface area (Å²) in [5, 5.41) is 21.2. The Morgan fingerprint density at radius 3 is 2.09 bits per heavy atom. The molecule has 1 heterocycles. The Morgan fingerprint density at radius 1 is 0.906 bits per heavy atom. The van der Waals surface area contributed by atoms with Crippen LogP contribution in [0.2, 0.25) is 0 Å². The molecule has 0 unspecified atom stereocenters. The number of aliphatic carboxylic acids is 1. The number of carbonyl (C=O) groups excluding carboxylic acids is 1. The third kappa shape index (κ3) is 5.32. The largest absolute Gasteiger partial charge is 0.481 e. The van der Waals surface area contributed by atoms with Gasteiger partial charge in [0.05, 0.1) is 23.6 Å². The van der Waals surface area contributed by atoms with Gasteiger partial charge in [-0.2, -0.15) is 0 Å². The number of aliphatic imine (C=N–C) groups is 1. The number of nitrogens with one attached hydrogen (secondary N) is 1. The number of carboxylic acid groups (broad SMARTS) is 1. The van der Waals surface area contributed by atoms with E-state index < -0.39 is 5.97 Å². The minimum absolute atomic E-state index is 0.0217. The van der Waals surface area contributed by atoms with Gasteiger partial charge in [-0.15, -0.1) is 0 Å². The molecule has 0 aromatic heterocycles. The van der Waals surface area contributed by atoms with E-state index in [1.807, 2.05) is 54.6 Å². The maximum Gasteiger partial charge on any atom is 0.307 e. The zero-order chi connectivity index (χ0) is 22.5. The van der Waals surface area contributed by atoms with Gasteiger partial charge in [0.25, 0.3) is 5.91 Å². The van der Waals surface area contributed by atoms with E-state index in [2.05, 4.69) is 10.3 Å². The van der Waals surface area contributed by atoms with Crippen molar-refractivity contribution in [3.05, 3.63) is 94.4 Å². The molecule has 0 aliphatic carbocycles. The van der Waals surface area contributed by atoms with Crippen molar-refractivity contribution in [2.45, 2.75) is 13.0 Å². The second-order valence-electron chi connectivity index (χ2n) is 7.20. The minimum atomic E-state index is -0.884. The van der Waals surface area contributed by atoms with Crippen molar-refractivity contribution in [2.75, 3.05) is 0 Å². The smallest absolute Gasteiger partial charge is 0.307 e. The average Bonchev–Trinajstić information content (AvgIpc) is 3.14. The average molecular weight is 445 g/mol. The van der Waals surface area contributed by atoms with Crippen LogP contribution in [0.1, 0.15) is 16.7 Å². The molecule has 1 saturated heterocycles. The normalized spacial score (nSPS) is 15.8. The molecule has 1 aliphatic rings. The standard InChI is InChI=1S/C25H20N2O4S/c28-15-18-3-9-20(10-4-18)19-7-1-16(2-8-19)13-22-24(31)27-25(32-22)26-21-11-5-17(6-12-21)14-23(29)30/h1-13,28H,14-15H2,(H,29,30)(H,26,27,31). The van der Waals surface area contributed by atoms with E-state index in [1.54, 1.807) is 24.3 Å². The molecule has 3 aromatic rings. The quantitative estimate of drug-likeness (QED) is 0.491. The van der Waals surface area contributed by atoms with E-state index in [0.29, 0.717) is 21.3 Å². The second kappa shape index (κ2) is 9.64. The topological polar surface area (TPSA) is 99.0 Å². The number of amidine groups is 1. The van der Waals surface area contributed by atoms with Crippen LogP contribution in [-0.2, 0) is 22.6 Å². The summed E-state index contributed by atoms with van der Waals surface area (Å²) in [6.07, 6.45) is 1.78. The predicted octanol–water partition coefficient (Wildman–Crippen LogP) is 4.36. The molecule has 1 fully saturated rings. The Hall–Kier alpha value is -3.68. The summed E-state index contributed by atoms with van der Waals surface area (Å²) in [7, 11) is 0. The Morgan fingerprint density at radius 2 is 1.50 bits per heavy atom. The van der Waals surface area contributed by atoms with Crippen LogP contribution in [0.3, 0.4) is 0 Å². The number of carbonyl (C=O) groups is 2. The molecule has 3 aromatic carbocycles. The Kier molecular flexibility index (Phi) is 6.49. The molecular formula is C25H20N2O4S. The molecule has 0 saturated carbocycles. The van der Waals surface area contributed by atoms with Gasteiger partial charge < -0.3 is 15.5 Å². The summed E-state index contributed by atoms with van der Waals surface area (Å²) in [5.41, 5.74) is 5.20. The number of nitrogens with zero attached hydrogens (tertiary/aromatic N) is 1. The first-order valence-corrected chi connectivity index (χ1v) is 10.7. The third-order valence-electron chi connectivity index (χ3n) is 4.85. The van der Waals surface area contributed by atoms with Crippen LogP contribution in [0.25, 0.3) is 17.2 Å². The maximum atomic E-state index is 12.3. The predicted molar refractivity (Wildman–Crippen MR) is 126 cm³/mol. The van der Waals surface area contributed by atoms with Crippen molar-refractivity contribution in [3.63, 3.8) is 0 Å². The highest BCUT2D eigenvalue weighted by molar-refractivity contribution is 8.18. The zero-order valence-corrected chi connectivity index (χ0v) is 17.8. The van der Waals surface area contributed by atoms with E-state index in [0.717, 1.165) is 22.3 Å². The lowest BCUT2D eigenvalue weighted by molar-refractivity contribution is -0.136. The van der Waals surface area contributed by atoms with Crippen LogP contribution in [-0.4, -0.2) is 27.3 Å². The van der Waals surface area contributed by atoms with E-state index in [-0.39, 0.29) is 18.9 Å². The van der Waals surface area contributed by atoms with Gasteiger partial charge in [-0.25, -0.2) is 4.99 Å². The monoisotopic (exact) mass is 444 g/mol. The van der Waals surface area contributed by atoms with Crippen LogP contribution >= 0.6 is 11.8 Å². The number of hydrogen-bond donors (Lipinski definition) is 3. The van der Waals surface area contributed by atoms with Crippen LogP contribution in [0.15, 0.2) is 82.7 Å². The number of aliphatic hydroxyl groups is 1. The first kappa shape index (κ1) is 21.5. The van der Waals surface area contributed by atoms with E-state index >= 15 is 0 Å². The van der Waals surface area contributed by atoms with Crippen molar-refractivity contribution < 1.29 is 19.8 Å². The number of aliphatic hydroxyl groups excluding tert-OH is 1. The number of thioether (sulfide) groups is 1. The number of carboxylic acids is 1. The van der Waals surface area contributed by atoms with Crippen LogP contribution < -0.4 is 5.32 Å². The lowest BCUT2D eigenvalue weighted by Gasteiger charge is -2.04. The molecule has 6 nitrogen and oxygen atoms in total. The van der Waals surface area contributed by atoms with Crippen LogP contribution in [0.5, 0.6) is 0 Å². The van der Waals surface area contributed by atoms with Crippen molar-refractivity contribution in [1.29, 1.82) is 0 Å². The van der Waals surface area contributed by atoms with Gasteiger partial charge in [-0.1, -0.05) is 60.7 Å². The number of rotatable bonds is 6. The number of amides is 1. The summed E-state index contributed by atoms with van der Waals surface area (Å²) in [5.74, 6) is -1.09. The fourth-order valence-electron chi connectivity index (χ4n) is 3.19. The first-order chi connectivity index (χ1) is 15.5. The Balaban J connectivity index is 1.45. The fraction of sp³-hybridized carbons (Fsp3) is 0.0800. The molecule has 3 N–H and O–H groups in total. The van der Waals surface area contributed by atoms with Crippen molar-refractivity contribution in [1.82, 2.24) is 5.32 Å². The molecule has 0 spiro atoms. The first-order valence-electron chi connectivity index (χ1n) is 9.91. The van der Waals surface area contributed by atoms with E-state index in [4.69, 9.17) is 10.2 Å². The number of benzene rings is 3. The minimum Gasteiger partial charge on any atom is -0.481 e. The van der Waals surface area contributed by atoms with E-state index in [9.17, 15) is 9.59 Å². The molecule has 1 amide bonds. The Labute approximate surface area is 189 Å². The molecule has 0 atom stereocenters.